The number of hydrogen-bond donors (Lipinski definition) is 1. The minimum absolute atomic E-state index is 0.238. The SMILES string of the molecule is C[S@@](=O)Cc1cc(NC(=O)c2ccc(Cl)cc2)ccc1Cl. The van der Waals surface area contributed by atoms with Crippen LogP contribution in [-0.4, -0.2) is 16.4 Å². The first-order valence-corrected chi connectivity index (χ1v) is 8.59. The van der Waals surface area contributed by atoms with Gasteiger partial charge in [-0.1, -0.05) is 23.2 Å². The Bertz CT molecular complexity index is 687. The predicted molar refractivity (Wildman–Crippen MR) is 88.6 cm³/mol. The van der Waals surface area contributed by atoms with Crippen molar-refractivity contribution in [3.63, 3.8) is 0 Å². The van der Waals surface area contributed by atoms with Crippen molar-refractivity contribution in [1.29, 1.82) is 0 Å². The third-order valence-corrected chi connectivity index (χ3v) is 4.11. The van der Waals surface area contributed by atoms with E-state index in [1.165, 1.54) is 0 Å². The smallest absolute Gasteiger partial charge is 0.255 e. The van der Waals surface area contributed by atoms with Gasteiger partial charge in [-0.05, 0) is 48.0 Å². The molecule has 0 aliphatic carbocycles. The Hall–Kier alpha value is -1.36. The average Bonchev–Trinajstić information content (AvgIpc) is 2.42. The summed E-state index contributed by atoms with van der Waals surface area (Å²) in [5.41, 5.74) is 1.86. The van der Waals surface area contributed by atoms with Crippen molar-refractivity contribution in [2.45, 2.75) is 5.75 Å². The van der Waals surface area contributed by atoms with Gasteiger partial charge in [0.1, 0.15) is 0 Å². The van der Waals surface area contributed by atoms with E-state index in [0.717, 1.165) is 5.56 Å². The van der Waals surface area contributed by atoms with Gasteiger partial charge in [0.2, 0.25) is 0 Å². The van der Waals surface area contributed by atoms with Crippen molar-refractivity contribution in [1.82, 2.24) is 0 Å². The van der Waals surface area contributed by atoms with Crippen LogP contribution in [0, 0.1) is 0 Å². The number of hydrogen-bond acceptors (Lipinski definition) is 2. The van der Waals surface area contributed by atoms with E-state index in [-0.39, 0.29) is 5.91 Å². The van der Waals surface area contributed by atoms with Gasteiger partial charge in [-0.2, -0.15) is 0 Å². The fourth-order valence-corrected chi connectivity index (χ4v) is 2.85. The molecule has 0 unspecified atom stereocenters. The number of benzene rings is 2. The summed E-state index contributed by atoms with van der Waals surface area (Å²) in [6.07, 6.45) is 1.61. The molecular weight excluding hydrogens is 329 g/mol. The molecule has 0 aromatic heterocycles. The molecule has 0 aliphatic rings. The number of rotatable bonds is 4. The zero-order valence-electron chi connectivity index (χ0n) is 11.2. The van der Waals surface area contributed by atoms with Crippen LogP contribution in [0.5, 0.6) is 0 Å². The lowest BCUT2D eigenvalue weighted by Gasteiger charge is -2.09. The molecule has 2 aromatic carbocycles. The van der Waals surface area contributed by atoms with Gasteiger partial charge < -0.3 is 5.32 Å². The summed E-state index contributed by atoms with van der Waals surface area (Å²) in [7, 11) is -0.998. The first-order valence-electron chi connectivity index (χ1n) is 6.11. The van der Waals surface area contributed by atoms with Crippen molar-refractivity contribution in [3.05, 3.63) is 63.6 Å². The Morgan fingerprint density at radius 1 is 1.14 bits per heavy atom. The first kappa shape index (κ1) is 16.0. The standard InChI is InChI=1S/C15H13Cl2NO2S/c1-21(20)9-11-8-13(6-7-14(11)17)18-15(19)10-2-4-12(16)5-3-10/h2-8H,9H2,1H3,(H,18,19)/t21-/m1/s1. The summed E-state index contributed by atoms with van der Waals surface area (Å²) < 4.78 is 11.3. The van der Waals surface area contributed by atoms with E-state index in [1.54, 1.807) is 48.7 Å². The number of carbonyl (C=O) groups excluding carboxylic acids is 1. The maximum atomic E-state index is 12.1. The maximum absolute atomic E-state index is 12.1. The number of carbonyl (C=O) groups is 1. The van der Waals surface area contributed by atoms with Crippen LogP contribution in [-0.2, 0) is 16.6 Å². The van der Waals surface area contributed by atoms with E-state index in [9.17, 15) is 9.00 Å². The number of anilines is 1. The average molecular weight is 342 g/mol. The largest absolute Gasteiger partial charge is 0.322 e. The highest BCUT2D eigenvalue weighted by Crippen LogP contribution is 2.22. The highest BCUT2D eigenvalue weighted by molar-refractivity contribution is 7.83. The third-order valence-electron chi connectivity index (χ3n) is 2.77. The maximum Gasteiger partial charge on any atom is 0.255 e. The van der Waals surface area contributed by atoms with Crippen molar-refractivity contribution in [3.8, 4) is 0 Å². The van der Waals surface area contributed by atoms with Gasteiger partial charge >= 0.3 is 0 Å². The molecule has 0 fully saturated rings. The van der Waals surface area contributed by atoms with Gasteiger partial charge in [-0.3, -0.25) is 9.00 Å². The van der Waals surface area contributed by atoms with Crippen LogP contribution in [0.4, 0.5) is 5.69 Å². The molecule has 2 aromatic rings. The van der Waals surface area contributed by atoms with E-state index in [4.69, 9.17) is 23.2 Å². The molecule has 0 heterocycles. The summed E-state index contributed by atoms with van der Waals surface area (Å²) in [6, 6.07) is 11.7. The van der Waals surface area contributed by atoms with Crippen LogP contribution < -0.4 is 5.32 Å². The topological polar surface area (TPSA) is 46.2 Å². The number of halogens is 2. The molecule has 21 heavy (non-hydrogen) atoms. The van der Waals surface area contributed by atoms with Gasteiger partial charge in [-0.25, -0.2) is 0 Å². The summed E-state index contributed by atoms with van der Waals surface area (Å²) in [4.78, 5) is 12.1. The molecule has 3 nitrogen and oxygen atoms in total. The molecule has 1 N–H and O–H groups in total. The molecule has 0 aliphatic heterocycles. The predicted octanol–water partition coefficient (Wildman–Crippen LogP) is 4.12. The van der Waals surface area contributed by atoms with Crippen molar-refractivity contribution in [2.75, 3.05) is 11.6 Å². The van der Waals surface area contributed by atoms with Gasteiger partial charge in [0, 0.05) is 44.1 Å². The van der Waals surface area contributed by atoms with Gasteiger partial charge in [-0.15, -0.1) is 0 Å². The lowest BCUT2D eigenvalue weighted by molar-refractivity contribution is 0.102. The first-order chi connectivity index (χ1) is 9.95. The van der Waals surface area contributed by atoms with Crippen LogP contribution >= 0.6 is 23.2 Å². The van der Waals surface area contributed by atoms with Gasteiger partial charge in [0.05, 0.1) is 0 Å². The second-order valence-electron chi connectivity index (χ2n) is 4.48. The number of amides is 1. The second kappa shape index (κ2) is 7.07. The highest BCUT2D eigenvalue weighted by Gasteiger charge is 2.08. The van der Waals surface area contributed by atoms with Crippen LogP contribution in [0.15, 0.2) is 42.5 Å². The lowest BCUT2D eigenvalue weighted by Crippen LogP contribution is -2.12. The normalized spacial score (nSPS) is 12.0. The van der Waals surface area contributed by atoms with Crippen LogP contribution in [0.3, 0.4) is 0 Å². The monoisotopic (exact) mass is 341 g/mol. The van der Waals surface area contributed by atoms with Crippen molar-refractivity contribution in [2.24, 2.45) is 0 Å². The second-order valence-corrected chi connectivity index (χ2v) is 6.76. The highest BCUT2D eigenvalue weighted by atomic mass is 35.5. The molecule has 1 amide bonds. The quantitative estimate of drug-likeness (QED) is 0.908. The van der Waals surface area contributed by atoms with Gasteiger partial charge in [0.25, 0.3) is 5.91 Å². The Balaban J connectivity index is 2.17. The van der Waals surface area contributed by atoms with Crippen LogP contribution in [0.1, 0.15) is 15.9 Å². The fourth-order valence-electron chi connectivity index (χ4n) is 1.79. The molecule has 1 atom stereocenters. The Kier molecular flexibility index (Phi) is 5.39. The van der Waals surface area contributed by atoms with E-state index in [1.807, 2.05) is 0 Å². The summed E-state index contributed by atoms with van der Waals surface area (Å²) in [5, 5.41) is 3.89. The van der Waals surface area contributed by atoms with Crippen molar-refractivity contribution < 1.29 is 9.00 Å². The Labute approximate surface area is 135 Å². The molecule has 0 spiro atoms. The molecular formula is C15H13Cl2NO2S. The van der Waals surface area contributed by atoms with E-state index >= 15 is 0 Å². The Morgan fingerprint density at radius 3 is 2.43 bits per heavy atom. The minimum atomic E-state index is -0.998. The summed E-state index contributed by atoms with van der Waals surface area (Å²) in [5.74, 6) is 0.112. The zero-order chi connectivity index (χ0) is 15.4. The fraction of sp³-hybridized carbons (Fsp3) is 0.133. The molecule has 0 radical (unpaired) electrons. The minimum Gasteiger partial charge on any atom is -0.322 e. The molecule has 0 bridgehead atoms. The zero-order valence-corrected chi connectivity index (χ0v) is 13.6. The summed E-state index contributed by atoms with van der Waals surface area (Å²) in [6.45, 7) is 0. The molecule has 0 saturated heterocycles. The third kappa shape index (κ3) is 4.56. The molecule has 110 valence electrons. The van der Waals surface area contributed by atoms with E-state index < -0.39 is 10.8 Å². The lowest BCUT2D eigenvalue weighted by atomic mass is 10.2. The molecule has 6 heteroatoms. The summed E-state index contributed by atoms with van der Waals surface area (Å²) >= 11 is 11.8. The van der Waals surface area contributed by atoms with Gasteiger partial charge in [0.15, 0.2) is 0 Å². The molecule has 2 rings (SSSR count). The van der Waals surface area contributed by atoms with Crippen LogP contribution in [0.2, 0.25) is 10.0 Å². The van der Waals surface area contributed by atoms with E-state index in [0.29, 0.717) is 27.0 Å². The number of nitrogens with one attached hydrogen (secondary N) is 1. The van der Waals surface area contributed by atoms with E-state index in [2.05, 4.69) is 5.32 Å². The van der Waals surface area contributed by atoms with Crippen molar-refractivity contribution >= 4 is 45.6 Å². The Morgan fingerprint density at radius 2 is 1.81 bits per heavy atom. The van der Waals surface area contributed by atoms with Crippen LogP contribution in [0.25, 0.3) is 0 Å². The molecule has 0 saturated carbocycles.